The Morgan fingerprint density at radius 1 is 1.08 bits per heavy atom. The normalized spacial score (nSPS) is 12.5. The van der Waals surface area contributed by atoms with Gasteiger partial charge in [0, 0.05) is 5.69 Å². The van der Waals surface area contributed by atoms with Crippen molar-refractivity contribution in [1.82, 2.24) is 0 Å². The van der Waals surface area contributed by atoms with Crippen LogP contribution in [0.2, 0.25) is 0 Å². The van der Waals surface area contributed by atoms with Gasteiger partial charge in [-0.3, -0.25) is 9.59 Å². The van der Waals surface area contributed by atoms with E-state index in [1.165, 1.54) is 23.3 Å². The van der Waals surface area contributed by atoms with Gasteiger partial charge in [-0.15, -0.1) is 0 Å². The Labute approximate surface area is 139 Å². The second kappa shape index (κ2) is 7.25. The number of ether oxygens (including phenoxy) is 1. The number of aryl methyl sites for hydroxylation is 2. The van der Waals surface area contributed by atoms with Gasteiger partial charge in [-0.1, -0.05) is 24.3 Å². The van der Waals surface area contributed by atoms with Crippen LogP contribution < -0.4 is 5.32 Å². The second-order valence-electron chi connectivity index (χ2n) is 5.81. The Bertz CT molecular complexity index is 773. The summed E-state index contributed by atoms with van der Waals surface area (Å²) in [5.41, 5.74) is 3.53. The van der Waals surface area contributed by atoms with Crippen molar-refractivity contribution in [3.63, 3.8) is 0 Å². The molecule has 1 N–H and O–H groups in total. The molecule has 2 aromatic carbocycles. The molecule has 0 saturated heterocycles. The molecule has 0 fully saturated rings. The van der Waals surface area contributed by atoms with Crippen molar-refractivity contribution in [2.75, 3.05) is 11.9 Å². The number of rotatable bonds is 5. The van der Waals surface area contributed by atoms with E-state index in [0.29, 0.717) is 5.69 Å². The van der Waals surface area contributed by atoms with E-state index in [4.69, 9.17) is 4.74 Å². The fourth-order valence-electron chi connectivity index (χ4n) is 2.84. The highest BCUT2D eigenvalue weighted by molar-refractivity contribution is 5.93. The molecule has 1 aliphatic rings. The molecule has 3 rings (SSSR count). The second-order valence-corrected chi connectivity index (χ2v) is 5.81. The molecule has 124 valence electrons. The molecular weight excluding hydrogens is 309 g/mol. The number of fused-ring (bicyclic) bond motifs is 1. The molecule has 1 aliphatic carbocycles. The van der Waals surface area contributed by atoms with Crippen molar-refractivity contribution < 1.29 is 18.7 Å². The van der Waals surface area contributed by atoms with Crippen LogP contribution in [0.25, 0.3) is 0 Å². The average molecular weight is 327 g/mol. The van der Waals surface area contributed by atoms with Crippen molar-refractivity contribution in [1.29, 1.82) is 0 Å². The quantitative estimate of drug-likeness (QED) is 0.859. The van der Waals surface area contributed by atoms with Crippen LogP contribution in [-0.4, -0.2) is 18.5 Å². The van der Waals surface area contributed by atoms with Crippen molar-refractivity contribution in [3.05, 3.63) is 65.0 Å². The van der Waals surface area contributed by atoms with Gasteiger partial charge in [0.15, 0.2) is 6.61 Å². The van der Waals surface area contributed by atoms with E-state index in [2.05, 4.69) is 5.32 Å². The summed E-state index contributed by atoms with van der Waals surface area (Å²) in [5.74, 6) is -1.50. The number of hydrogen-bond donors (Lipinski definition) is 1. The lowest BCUT2D eigenvalue weighted by atomic mass is 10.1. The molecule has 0 atom stereocenters. The molecule has 0 aromatic heterocycles. The Morgan fingerprint density at radius 2 is 1.88 bits per heavy atom. The Balaban J connectivity index is 1.49. The third-order valence-corrected chi connectivity index (χ3v) is 4.04. The average Bonchev–Trinajstić information content (AvgIpc) is 3.03. The minimum absolute atomic E-state index is 0.196. The number of carbonyl (C=O) groups excluding carboxylic acids is 2. The van der Waals surface area contributed by atoms with E-state index in [1.807, 2.05) is 18.2 Å². The van der Waals surface area contributed by atoms with Crippen LogP contribution in [0.3, 0.4) is 0 Å². The van der Waals surface area contributed by atoms with Crippen LogP contribution in [0.5, 0.6) is 0 Å². The summed E-state index contributed by atoms with van der Waals surface area (Å²) in [6, 6.07) is 11.8. The monoisotopic (exact) mass is 327 g/mol. The van der Waals surface area contributed by atoms with Crippen LogP contribution >= 0.6 is 0 Å². The van der Waals surface area contributed by atoms with Crippen LogP contribution in [0.1, 0.15) is 23.1 Å². The largest absolute Gasteiger partial charge is 0.455 e. The smallest absolute Gasteiger partial charge is 0.310 e. The van der Waals surface area contributed by atoms with E-state index in [0.717, 1.165) is 19.3 Å². The van der Waals surface area contributed by atoms with Crippen LogP contribution in [0, 0.1) is 5.82 Å². The maximum atomic E-state index is 13.5. The molecule has 24 heavy (non-hydrogen) atoms. The molecule has 0 saturated carbocycles. The zero-order valence-electron chi connectivity index (χ0n) is 13.2. The highest BCUT2D eigenvalue weighted by atomic mass is 19.1. The first-order chi connectivity index (χ1) is 11.6. The molecule has 4 nitrogen and oxygen atoms in total. The number of nitrogens with one attached hydrogen (secondary N) is 1. The number of esters is 1. The molecule has 0 bridgehead atoms. The third-order valence-electron chi connectivity index (χ3n) is 4.04. The van der Waals surface area contributed by atoms with Gasteiger partial charge >= 0.3 is 5.97 Å². The molecule has 0 heterocycles. The van der Waals surface area contributed by atoms with Gasteiger partial charge in [0.2, 0.25) is 0 Å². The lowest BCUT2D eigenvalue weighted by Crippen LogP contribution is -2.21. The Morgan fingerprint density at radius 3 is 2.71 bits per heavy atom. The van der Waals surface area contributed by atoms with Crippen molar-refractivity contribution >= 4 is 17.6 Å². The molecular formula is C19H18FNO3. The number of anilines is 1. The molecule has 1 amide bonds. The summed E-state index contributed by atoms with van der Waals surface area (Å²) in [7, 11) is 0. The van der Waals surface area contributed by atoms with Crippen LogP contribution in [0.15, 0.2) is 42.5 Å². The van der Waals surface area contributed by atoms with Gasteiger partial charge in [0.1, 0.15) is 5.82 Å². The predicted octanol–water partition coefficient (Wildman–Crippen LogP) is 3.04. The van der Waals surface area contributed by atoms with Gasteiger partial charge in [0.05, 0.1) is 6.42 Å². The first-order valence-electron chi connectivity index (χ1n) is 7.92. The van der Waals surface area contributed by atoms with Crippen molar-refractivity contribution in [2.45, 2.75) is 25.7 Å². The van der Waals surface area contributed by atoms with E-state index in [1.54, 1.807) is 12.1 Å². The highest BCUT2D eigenvalue weighted by Crippen LogP contribution is 2.24. The highest BCUT2D eigenvalue weighted by Gasteiger charge is 2.13. The standard InChI is InChI=1S/C19H18FNO3/c20-17-7-2-1-4-15(17)11-19(23)24-12-18(22)21-16-9-8-13-5-3-6-14(13)10-16/h1-2,4,7-10H,3,5-6,11-12H2,(H,21,22). The number of halogens is 1. The van der Waals surface area contributed by atoms with E-state index < -0.39 is 17.7 Å². The summed E-state index contributed by atoms with van der Waals surface area (Å²) in [4.78, 5) is 23.6. The van der Waals surface area contributed by atoms with Crippen molar-refractivity contribution in [2.24, 2.45) is 0 Å². The molecule has 0 aliphatic heterocycles. The maximum Gasteiger partial charge on any atom is 0.310 e. The third kappa shape index (κ3) is 3.98. The first kappa shape index (κ1) is 16.2. The van der Waals surface area contributed by atoms with Crippen LogP contribution in [0.4, 0.5) is 10.1 Å². The Hall–Kier alpha value is -2.69. The minimum Gasteiger partial charge on any atom is -0.455 e. The topological polar surface area (TPSA) is 55.4 Å². The van der Waals surface area contributed by atoms with Gasteiger partial charge in [-0.25, -0.2) is 4.39 Å². The van der Waals surface area contributed by atoms with Gasteiger partial charge in [0.25, 0.3) is 5.91 Å². The zero-order chi connectivity index (χ0) is 16.9. The number of amides is 1. The van der Waals surface area contributed by atoms with Gasteiger partial charge in [-0.2, -0.15) is 0 Å². The maximum absolute atomic E-state index is 13.5. The predicted molar refractivity (Wildman–Crippen MR) is 88.2 cm³/mol. The number of benzene rings is 2. The number of carbonyl (C=O) groups is 2. The zero-order valence-corrected chi connectivity index (χ0v) is 13.2. The minimum atomic E-state index is -0.635. The van der Waals surface area contributed by atoms with Gasteiger partial charge < -0.3 is 10.1 Å². The van der Waals surface area contributed by atoms with E-state index >= 15 is 0 Å². The SMILES string of the molecule is O=C(COC(=O)Cc1ccccc1F)Nc1ccc2c(c1)CCC2. The fourth-order valence-corrected chi connectivity index (χ4v) is 2.84. The molecule has 2 aromatic rings. The summed E-state index contributed by atoms with van der Waals surface area (Å²) >= 11 is 0. The van der Waals surface area contributed by atoms with Gasteiger partial charge in [-0.05, 0) is 54.2 Å². The van der Waals surface area contributed by atoms with E-state index in [-0.39, 0.29) is 18.6 Å². The molecule has 5 heteroatoms. The summed E-state index contributed by atoms with van der Waals surface area (Å²) in [5, 5.41) is 2.71. The van der Waals surface area contributed by atoms with E-state index in [9.17, 15) is 14.0 Å². The van der Waals surface area contributed by atoms with Crippen molar-refractivity contribution in [3.8, 4) is 0 Å². The lowest BCUT2D eigenvalue weighted by molar-refractivity contribution is -0.146. The fraction of sp³-hybridized carbons (Fsp3) is 0.263. The lowest BCUT2D eigenvalue weighted by Gasteiger charge is -2.08. The first-order valence-corrected chi connectivity index (χ1v) is 7.92. The number of hydrogen-bond acceptors (Lipinski definition) is 3. The molecule has 0 unspecified atom stereocenters. The Kier molecular flexibility index (Phi) is 4.89. The summed E-state index contributed by atoms with van der Waals surface area (Å²) < 4.78 is 18.4. The molecule has 0 radical (unpaired) electrons. The molecule has 0 spiro atoms. The van der Waals surface area contributed by atoms with Crippen LogP contribution in [-0.2, 0) is 33.6 Å². The summed E-state index contributed by atoms with van der Waals surface area (Å²) in [6.45, 7) is -0.385. The summed E-state index contributed by atoms with van der Waals surface area (Å²) in [6.07, 6.45) is 3.05.